The van der Waals surface area contributed by atoms with Crippen molar-refractivity contribution >= 4 is 17.7 Å². The summed E-state index contributed by atoms with van der Waals surface area (Å²) in [5, 5.41) is 5.45. The summed E-state index contributed by atoms with van der Waals surface area (Å²) in [6.45, 7) is 1.57. The van der Waals surface area contributed by atoms with Crippen LogP contribution in [0.3, 0.4) is 0 Å². The van der Waals surface area contributed by atoms with Crippen molar-refractivity contribution in [2.45, 2.75) is 31.3 Å². The first-order chi connectivity index (χ1) is 9.48. The lowest BCUT2D eigenvalue weighted by Crippen LogP contribution is -2.48. The van der Waals surface area contributed by atoms with Crippen molar-refractivity contribution in [3.63, 3.8) is 0 Å². The van der Waals surface area contributed by atoms with E-state index < -0.39 is 23.6 Å². The molecule has 20 heavy (non-hydrogen) atoms. The maximum absolute atomic E-state index is 11.9. The smallest absolute Gasteiger partial charge is 0.328 e. The van der Waals surface area contributed by atoms with Crippen LogP contribution in [0.1, 0.15) is 25.3 Å². The second-order valence-electron chi connectivity index (χ2n) is 5.01. The highest BCUT2D eigenvalue weighted by Crippen LogP contribution is 2.47. The van der Waals surface area contributed by atoms with E-state index in [1.165, 1.54) is 7.11 Å². The van der Waals surface area contributed by atoms with Crippen LogP contribution in [0.15, 0.2) is 24.3 Å². The number of anilines is 1. The normalized spacial score (nSPS) is 16.9. The lowest BCUT2D eigenvalue weighted by molar-refractivity contribution is -0.142. The molecule has 1 aromatic rings. The number of rotatable bonds is 4. The van der Waals surface area contributed by atoms with Crippen LogP contribution in [0, 0.1) is 0 Å². The Hall–Kier alpha value is -2.24. The molecule has 0 spiro atoms. The van der Waals surface area contributed by atoms with Gasteiger partial charge in [-0.3, -0.25) is 0 Å². The van der Waals surface area contributed by atoms with Gasteiger partial charge in [0, 0.05) is 11.3 Å². The molecule has 4 N–H and O–H groups in total. The fourth-order valence-corrected chi connectivity index (χ4v) is 2.21. The van der Waals surface area contributed by atoms with Crippen LogP contribution in [-0.2, 0) is 15.1 Å². The minimum Gasteiger partial charge on any atom is -0.467 e. The van der Waals surface area contributed by atoms with Crippen LogP contribution in [0.5, 0.6) is 0 Å². The molecule has 0 aliphatic heterocycles. The van der Waals surface area contributed by atoms with E-state index in [-0.39, 0.29) is 0 Å². The van der Waals surface area contributed by atoms with Crippen molar-refractivity contribution in [1.82, 2.24) is 10.6 Å². The number of esters is 1. The number of amides is 2. The van der Waals surface area contributed by atoms with E-state index in [9.17, 15) is 9.59 Å². The van der Waals surface area contributed by atoms with Gasteiger partial charge in [0.25, 0.3) is 0 Å². The Labute approximate surface area is 117 Å². The molecule has 1 aliphatic carbocycles. The Morgan fingerprint density at radius 2 is 2.00 bits per heavy atom. The van der Waals surface area contributed by atoms with Crippen molar-refractivity contribution in [3.8, 4) is 0 Å². The number of nitrogens with two attached hydrogens (primary N) is 1. The van der Waals surface area contributed by atoms with Crippen molar-refractivity contribution < 1.29 is 14.3 Å². The van der Waals surface area contributed by atoms with Crippen molar-refractivity contribution in [2.75, 3.05) is 12.8 Å². The lowest BCUT2D eigenvalue weighted by atomic mass is 10.0. The molecule has 2 rings (SSSR count). The molecule has 108 valence electrons. The average Bonchev–Trinajstić information content (AvgIpc) is 3.18. The van der Waals surface area contributed by atoms with Crippen molar-refractivity contribution in [3.05, 3.63) is 29.8 Å². The number of carbonyl (C=O) groups excluding carboxylic acids is 2. The number of carbonyl (C=O) groups is 2. The SMILES string of the molecule is COC(=O)C(C)NC(=O)NC1(c2ccccc2N)CC1. The summed E-state index contributed by atoms with van der Waals surface area (Å²) in [4.78, 5) is 23.2. The number of urea groups is 1. The molecule has 0 aromatic heterocycles. The lowest BCUT2D eigenvalue weighted by Gasteiger charge is -2.21. The van der Waals surface area contributed by atoms with Gasteiger partial charge in [-0.1, -0.05) is 18.2 Å². The van der Waals surface area contributed by atoms with Crippen LogP contribution in [0.2, 0.25) is 0 Å². The van der Waals surface area contributed by atoms with Crippen LogP contribution in [0.4, 0.5) is 10.5 Å². The molecule has 0 heterocycles. The third kappa shape index (κ3) is 2.84. The monoisotopic (exact) mass is 277 g/mol. The van der Waals surface area contributed by atoms with Gasteiger partial charge in [0.2, 0.25) is 0 Å². The summed E-state index contributed by atoms with van der Waals surface area (Å²) in [7, 11) is 1.28. The van der Waals surface area contributed by atoms with Gasteiger partial charge in [-0.15, -0.1) is 0 Å². The zero-order valence-corrected chi connectivity index (χ0v) is 11.6. The second-order valence-corrected chi connectivity index (χ2v) is 5.01. The summed E-state index contributed by atoms with van der Waals surface area (Å²) in [5.41, 5.74) is 7.11. The predicted octanol–water partition coefficient (Wildman–Crippen LogP) is 1.12. The highest BCUT2D eigenvalue weighted by Gasteiger charge is 2.47. The predicted molar refractivity (Wildman–Crippen MR) is 74.9 cm³/mol. The third-order valence-electron chi connectivity index (χ3n) is 3.48. The summed E-state index contributed by atoms with van der Waals surface area (Å²) in [5.74, 6) is -0.482. The fourth-order valence-electron chi connectivity index (χ4n) is 2.21. The molecule has 6 nitrogen and oxygen atoms in total. The van der Waals surface area contributed by atoms with E-state index in [4.69, 9.17) is 5.73 Å². The Bertz CT molecular complexity index is 526. The van der Waals surface area contributed by atoms with Gasteiger partial charge in [-0.2, -0.15) is 0 Å². The summed E-state index contributed by atoms with van der Waals surface area (Å²) in [6, 6.07) is 6.38. The van der Waals surface area contributed by atoms with Crippen molar-refractivity contribution in [1.29, 1.82) is 0 Å². The standard InChI is InChI=1S/C14H19N3O3/c1-9(12(18)20-2)16-13(19)17-14(7-8-14)10-5-3-4-6-11(10)15/h3-6,9H,7-8,15H2,1-2H3,(H2,16,17,19). The molecule has 1 saturated carbocycles. The Morgan fingerprint density at radius 3 is 2.55 bits per heavy atom. The number of ether oxygens (including phenoxy) is 1. The number of benzene rings is 1. The molecule has 6 heteroatoms. The van der Waals surface area contributed by atoms with E-state index in [2.05, 4.69) is 15.4 Å². The molecule has 1 aromatic carbocycles. The van der Waals surface area contributed by atoms with Gasteiger partial charge in [-0.05, 0) is 25.8 Å². The largest absolute Gasteiger partial charge is 0.467 e. The summed E-state index contributed by atoms with van der Waals surface area (Å²) in [6.07, 6.45) is 1.67. The number of nitrogen functional groups attached to an aromatic ring is 1. The first kappa shape index (κ1) is 14.2. The summed E-state index contributed by atoms with van der Waals surface area (Å²) >= 11 is 0. The van der Waals surface area contributed by atoms with Gasteiger partial charge >= 0.3 is 12.0 Å². The Balaban J connectivity index is 2.01. The Kier molecular flexibility index (Phi) is 3.83. The average molecular weight is 277 g/mol. The molecular formula is C14H19N3O3. The van der Waals surface area contributed by atoms with Gasteiger partial charge in [0.1, 0.15) is 6.04 Å². The molecule has 2 amide bonds. The minimum absolute atomic E-state index is 0.399. The maximum Gasteiger partial charge on any atom is 0.328 e. The number of hydrogen-bond acceptors (Lipinski definition) is 4. The van der Waals surface area contributed by atoms with Gasteiger partial charge in [-0.25, -0.2) is 9.59 Å². The van der Waals surface area contributed by atoms with E-state index in [0.29, 0.717) is 5.69 Å². The molecule has 1 atom stereocenters. The number of hydrogen-bond donors (Lipinski definition) is 3. The zero-order chi connectivity index (χ0) is 14.8. The van der Waals surface area contributed by atoms with Gasteiger partial charge in [0.05, 0.1) is 12.6 Å². The molecule has 0 bridgehead atoms. The quantitative estimate of drug-likeness (QED) is 0.568. The summed E-state index contributed by atoms with van der Waals surface area (Å²) < 4.78 is 4.56. The van der Waals surface area contributed by atoms with Gasteiger partial charge in [0.15, 0.2) is 0 Å². The van der Waals surface area contributed by atoms with Crippen LogP contribution < -0.4 is 16.4 Å². The van der Waals surface area contributed by atoms with Crippen molar-refractivity contribution in [2.24, 2.45) is 0 Å². The highest BCUT2D eigenvalue weighted by atomic mass is 16.5. The highest BCUT2D eigenvalue weighted by molar-refractivity contribution is 5.84. The molecule has 1 fully saturated rings. The van der Waals surface area contributed by atoms with Gasteiger partial charge < -0.3 is 21.1 Å². The third-order valence-corrected chi connectivity index (χ3v) is 3.48. The number of methoxy groups -OCH3 is 1. The molecule has 1 unspecified atom stereocenters. The van der Waals surface area contributed by atoms with E-state index in [1.807, 2.05) is 24.3 Å². The fraction of sp³-hybridized carbons (Fsp3) is 0.429. The second kappa shape index (κ2) is 5.40. The molecule has 1 aliphatic rings. The topological polar surface area (TPSA) is 93.4 Å². The van der Waals surface area contributed by atoms with E-state index in [0.717, 1.165) is 18.4 Å². The molecule has 0 saturated heterocycles. The first-order valence-electron chi connectivity index (χ1n) is 6.50. The van der Waals surface area contributed by atoms with Crippen LogP contribution >= 0.6 is 0 Å². The van der Waals surface area contributed by atoms with Crippen LogP contribution in [-0.4, -0.2) is 25.2 Å². The van der Waals surface area contributed by atoms with Crippen LogP contribution in [0.25, 0.3) is 0 Å². The Morgan fingerprint density at radius 1 is 1.35 bits per heavy atom. The van der Waals surface area contributed by atoms with E-state index >= 15 is 0 Å². The first-order valence-corrected chi connectivity index (χ1v) is 6.50. The zero-order valence-electron chi connectivity index (χ0n) is 11.6. The molecule has 0 radical (unpaired) electrons. The maximum atomic E-state index is 11.9. The molecular weight excluding hydrogens is 258 g/mol. The van der Waals surface area contributed by atoms with E-state index in [1.54, 1.807) is 6.92 Å². The minimum atomic E-state index is -0.691. The number of para-hydroxylation sites is 1. The number of nitrogens with one attached hydrogen (secondary N) is 2.